The summed E-state index contributed by atoms with van der Waals surface area (Å²) in [5.41, 5.74) is 2.41. The fraction of sp³-hybridized carbons (Fsp3) is 0.360. The highest BCUT2D eigenvalue weighted by Crippen LogP contribution is 2.35. The number of nitrogens with one attached hydrogen (secondary N) is 1. The van der Waals surface area contributed by atoms with E-state index >= 15 is 0 Å². The Labute approximate surface area is 189 Å². The zero-order valence-corrected chi connectivity index (χ0v) is 19.6. The van der Waals surface area contributed by atoms with Crippen LogP contribution in [0.5, 0.6) is 17.2 Å². The Balaban J connectivity index is 2.01. The van der Waals surface area contributed by atoms with E-state index in [-0.39, 0.29) is 5.41 Å². The predicted octanol–water partition coefficient (Wildman–Crippen LogP) is 4.59. The van der Waals surface area contributed by atoms with E-state index in [9.17, 15) is 9.59 Å². The minimum absolute atomic E-state index is 0.0221. The number of hydrogen-bond acceptors (Lipinski definition) is 6. The van der Waals surface area contributed by atoms with Crippen molar-refractivity contribution >= 4 is 23.6 Å². The Hall–Kier alpha value is -3.48. The van der Waals surface area contributed by atoms with Gasteiger partial charge in [-0.25, -0.2) is 4.79 Å². The first kappa shape index (κ1) is 24.8. The van der Waals surface area contributed by atoms with Crippen LogP contribution in [0.15, 0.2) is 42.5 Å². The molecule has 0 aliphatic heterocycles. The van der Waals surface area contributed by atoms with Crippen molar-refractivity contribution in [1.82, 2.24) is 0 Å². The lowest BCUT2D eigenvalue weighted by molar-refractivity contribution is -0.148. The first-order valence-electron chi connectivity index (χ1n) is 10.2. The highest BCUT2D eigenvalue weighted by Gasteiger charge is 2.18. The van der Waals surface area contributed by atoms with Crippen molar-refractivity contribution < 1.29 is 28.5 Å². The Morgan fingerprint density at radius 2 is 1.47 bits per heavy atom. The van der Waals surface area contributed by atoms with Crippen molar-refractivity contribution in [2.45, 2.75) is 39.2 Å². The third kappa shape index (κ3) is 6.51. The maximum absolute atomic E-state index is 12.4. The van der Waals surface area contributed by atoms with E-state index < -0.39 is 18.0 Å². The molecule has 7 nitrogen and oxygen atoms in total. The highest BCUT2D eigenvalue weighted by molar-refractivity contribution is 5.96. The molecular weight excluding hydrogens is 410 g/mol. The van der Waals surface area contributed by atoms with Gasteiger partial charge in [0.05, 0.1) is 21.3 Å². The van der Waals surface area contributed by atoms with Gasteiger partial charge in [0, 0.05) is 23.4 Å². The third-order valence-corrected chi connectivity index (χ3v) is 4.82. The summed E-state index contributed by atoms with van der Waals surface area (Å²) in [6.45, 7) is 7.87. The highest BCUT2D eigenvalue weighted by atomic mass is 16.5. The topological polar surface area (TPSA) is 83.1 Å². The van der Waals surface area contributed by atoms with Gasteiger partial charge in [0.15, 0.2) is 17.6 Å². The quantitative estimate of drug-likeness (QED) is 0.476. The standard InChI is InChI=1S/C25H31NO6/c1-16(24(28)26-19-11-9-18(10-12-19)25(2,3)4)32-23(27)13-8-17-14-21(30-6)22(31-7)15-20(17)29-5/h8-16H,1-7H3,(H,26,28). The van der Waals surface area contributed by atoms with Crippen LogP contribution < -0.4 is 19.5 Å². The van der Waals surface area contributed by atoms with E-state index in [1.807, 2.05) is 24.3 Å². The maximum atomic E-state index is 12.4. The SMILES string of the molecule is COc1cc(OC)c(OC)cc1C=CC(=O)OC(C)C(=O)Nc1ccc(C(C)(C)C)cc1. The summed E-state index contributed by atoms with van der Waals surface area (Å²) in [7, 11) is 4.55. The van der Waals surface area contributed by atoms with Crippen LogP contribution in [0.3, 0.4) is 0 Å². The third-order valence-electron chi connectivity index (χ3n) is 4.82. The molecule has 0 radical (unpaired) electrons. The number of rotatable bonds is 8. The average Bonchev–Trinajstić information content (AvgIpc) is 2.76. The van der Waals surface area contributed by atoms with E-state index in [0.717, 1.165) is 5.56 Å². The fourth-order valence-corrected chi connectivity index (χ4v) is 2.91. The Bertz CT molecular complexity index is 973. The predicted molar refractivity (Wildman–Crippen MR) is 124 cm³/mol. The summed E-state index contributed by atoms with van der Waals surface area (Å²) >= 11 is 0. The summed E-state index contributed by atoms with van der Waals surface area (Å²) < 4.78 is 21.1. The van der Waals surface area contributed by atoms with Gasteiger partial charge >= 0.3 is 5.97 Å². The van der Waals surface area contributed by atoms with Gasteiger partial charge in [-0.1, -0.05) is 32.9 Å². The second-order valence-electron chi connectivity index (χ2n) is 8.18. The lowest BCUT2D eigenvalue weighted by Crippen LogP contribution is -2.29. The molecule has 0 fully saturated rings. The van der Waals surface area contributed by atoms with Gasteiger partial charge in [-0.05, 0) is 42.2 Å². The van der Waals surface area contributed by atoms with Crippen LogP contribution in [-0.2, 0) is 19.7 Å². The van der Waals surface area contributed by atoms with Crippen molar-refractivity contribution in [2.75, 3.05) is 26.6 Å². The first-order valence-corrected chi connectivity index (χ1v) is 10.2. The minimum Gasteiger partial charge on any atom is -0.496 e. The van der Waals surface area contributed by atoms with Crippen molar-refractivity contribution in [2.24, 2.45) is 0 Å². The molecule has 0 bridgehead atoms. The molecule has 1 N–H and O–H groups in total. The Kier molecular flexibility index (Phi) is 8.29. The second-order valence-corrected chi connectivity index (χ2v) is 8.18. The molecule has 0 saturated carbocycles. The van der Waals surface area contributed by atoms with Crippen LogP contribution >= 0.6 is 0 Å². The molecule has 0 saturated heterocycles. The summed E-state index contributed by atoms with van der Waals surface area (Å²) in [6.07, 6.45) is 1.78. The van der Waals surface area contributed by atoms with Gasteiger partial charge in [0.1, 0.15) is 5.75 Å². The minimum atomic E-state index is -0.971. The fourth-order valence-electron chi connectivity index (χ4n) is 2.91. The largest absolute Gasteiger partial charge is 0.496 e. The number of ether oxygens (including phenoxy) is 4. The Morgan fingerprint density at radius 1 is 0.906 bits per heavy atom. The number of amides is 1. The molecule has 0 aliphatic rings. The lowest BCUT2D eigenvalue weighted by Gasteiger charge is -2.19. The van der Waals surface area contributed by atoms with E-state index in [0.29, 0.717) is 28.5 Å². The second kappa shape index (κ2) is 10.7. The summed E-state index contributed by atoms with van der Waals surface area (Å²) in [5.74, 6) is 0.416. The number of esters is 1. The van der Waals surface area contributed by atoms with Crippen LogP contribution in [-0.4, -0.2) is 39.3 Å². The summed E-state index contributed by atoms with van der Waals surface area (Å²) in [5, 5.41) is 2.75. The van der Waals surface area contributed by atoms with Gasteiger partial charge in [-0.3, -0.25) is 4.79 Å². The van der Waals surface area contributed by atoms with E-state index in [2.05, 4.69) is 26.1 Å². The summed E-state index contributed by atoms with van der Waals surface area (Å²) in [4.78, 5) is 24.6. The Morgan fingerprint density at radius 3 is 2.00 bits per heavy atom. The van der Waals surface area contributed by atoms with Crippen molar-refractivity contribution in [3.8, 4) is 17.2 Å². The molecule has 2 aromatic carbocycles. The molecule has 0 aliphatic carbocycles. The van der Waals surface area contributed by atoms with Crippen LogP contribution in [0.4, 0.5) is 5.69 Å². The molecule has 2 rings (SSSR count). The van der Waals surface area contributed by atoms with E-state index in [1.54, 1.807) is 12.1 Å². The lowest BCUT2D eigenvalue weighted by atomic mass is 9.87. The van der Waals surface area contributed by atoms with Crippen molar-refractivity contribution in [3.63, 3.8) is 0 Å². The zero-order valence-electron chi connectivity index (χ0n) is 19.6. The van der Waals surface area contributed by atoms with E-state index in [4.69, 9.17) is 18.9 Å². The molecule has 2 aromatic rings. The molecular formula is C25H31NO6. The van der Waals surface area contributed by atoms with Gasteiger partial charge < -0.3 is 24.3 Å². The number of carbonyl (C=O) groups is 2. The van der Waals surface area contributed by atoms with Crippen molar-refractivity contribution in [1.29, 1.82) is 0 Å². The zero-order chi connectivity index (χ0) is 23.9. The number of carbonyl (C=O) groups excluding carboxylic acids is 2. The van der Waals surface area contributed by atoms with Gasteiger partial charge in [-0.2, -0.15) is 0 Å². The number of methoxy groups -OCH3 is 3. The number of anilines is 1. The van der Waals surface area contributed by atoms with Crippen molar-refractivity contribution in [3.05, 3.63) is 53.6 Å². The molecule has 7 heteroatoms. The molecule has 32 heavy (non-hydrogen) atoms. The first-order chi connectivity index (χ1) is 15.1. The van der Waals surface area contributed by atoms with Gasteiger partial charge in [-0.15, -0.1) is 0 Å². The average molecular weight is 442 g/mol. The molecule has 1 amide bonds. The van der Waals surface area contributed by atoms with E-state index in [1.165, 1.54) is 40.4 Å². The monoisotopic (exact) mass is 441 g/mol. The molecule has 1 atom stereocenters. The van der Waals surface area contributed by atoms with Gasteiger partial charge in [0.2, 0.25) is 0 Å². The molecule has 172 valence electrons. The molecule has 0 aromatic heterocycles. The smallest absolute Gasteiger partial charge is 0.331 e. The molecule has 1 unspecified atom stereocenters. The van der Waals surface area contributed by atoms with Crippen LogP contribution in [0.25, 0.3) is 6.08 Å². The summed E-state index contributed by atoms with van der Waals surface area (Å²) in [6, 6.07) is 10.9. The number of hydrogen-bond donors (Lipinski definition) is 1. The molecule has 0 heterocycles. The maximum Gasteiger partial charge on any atom is 0.331 e. The van der Waals surface area contributed by atoms with Crippen LogP contribution in [0.2, 0.25) is 0 Å². The molecule has 0 spiro atoms. The number of benzene rings is 2. The van der Waals surface area contributed by atoms with Crippen LogP contribution in [0.1, 0.15) is 38.8 Å². The normalized spacial score (nSPS) is 12.2. The van der Waals surface area contributed by atoms with Gasteiger partial charge in [0.25, 0.3) is 5.91 Å². The van der Waals surface area contributed by atoms with Crippen LogP contribution in [0, 0.1) is 0 Å².